The Morgan fingerprint density at radius 1 is 1.07 bits per heavy atom. The molecule has 0 aliphatic rings. The van der Waals surface area contributed by atoms with Gasteiger partial charge in [-0.2, -0.15) is 10.2 Å². The van der Waals surface area contributed by atoms with Crippen molar-refractivity contribution in [1.29, 1.82) is 0 Å². The Kier molecular flexibility index (Phi) is 5.66. The number of aromatic nitrogens is 2. The number of H-pyrrole nitrogens is 1. The minimum Gasteiger partial charge on any atom is -0.496 e. The lowest BCUT2D eigenvalue weighted by Crippen LogP contribution is -2.17. The number of hydrogen-bond donors (Lipinski definition) is 2. The lowest BCUT2D eigenvalue weighted by atomic mass is 10.0. The Morgan fingerprint density at radius 2 is 1.87 bits per heavy atom. The third-order valence-corrected chi connectivity index (χ3v) is 4.63. The number of benzene rings is 3. The first-order valence-corrected chi connectivity index (χ1v) is 9.43. The van der Waals surface area contributed by atoms with E-state index in [1.165, 1.54) is 6.21 Å². The third kappa shape index (κ3) is 4.12. The Hall–Kier alpha value is -4.19. The van der Waals surface area contributed by atoms with Crippen LogP contribution in [0.15, 0.2) is 84.0 Å². The molecule has 6 nitrogen and oxygen atoms in total. The van der Waals surface area contributed by atoms with Crippen molar-refractivity contribution in [2.24, 2.45) is 5.10 Å². The van der Waals surface area contributed by atoms with Gasteiger partial charge in [0.1, 0.15) is 11.4 Å². The first kappa shape index (κ1) is 19.1. The van der Waals surface area contributed by atoms with Gasteiger partial charge in [-0.1, -0.05) is 60.7 Å². The number of hydrazone groups is 1. The lowest BCUT2D eigenvalue weighted by molar-refractivity contribution is 0.0950. The number of aromatic amines is 1. The van der Waals surface area contributed by atoms with Crippen molar-refractivity contribution < 1.29 is 9.53 Å². The minimum atomic E-state index is -0.365. The van der Waals surface area contributed by atoms with Gasteiger partial charge in [0.2, 0.25) is 0 Å². The number of fused-ring (bicyclic) bond motifs is 1. The van der Waals surface area contributed by atoms with Gasteiger partial charge in [-0.3, -0.25) is 9.89 Å². The summed E-state index contributed by atoms with van der Waals surface area (Å²) in [6, 6.07) is 23.4. The molecule has 1 heterocycles. The molecule has 0 bridgehead atoms. The maximum Gasteiger partial charge on any atom is 0.289 e. The second kappa shape index (κ2) is 8.87. The fourth-order valence-corrected chi connectivity index (χ4v) is 3.17. The molecule has 0 aliphatic heterocycles. The lowest BCUT2D eigenvalue weighted by Gasteiger charge is -2.02. The molecule has 148 valence electrons. The van der Waals surface area contributed by atoms with Crippen LogP contribution in [0.2, 0.25) is 0 Å². The summed E-state index contributed by atoms with van der Waals surface area (Å²) in [5.74, 6) is 0.403. The quantitative estimate of drug-likeness (QED) is 0.367. The Morgan fingerprint density at radius 3 is 2.77 bits per heavy atom. The molecule has 2 N–H and O–H groups in total. The largest absolute Gasteiger partial charge is 0.496 e. The highest BCUT2D eigenvalue weighted by molar-refractivity contribution is 5.98. The molecule has 0 spiro atoms. The molecule has 30 heavy (non-hydrogen) atoms. The van der Waals surface area contributed by atoms with Crippen molar-refractivity contribution >= 4 is 29.0 Å². The molecule has 1 amide bonds. The topological polar surface area (TPSA) is 79.4 Å². The first-order chi connectivity index (χ1) is 14.8. The van der Waals surface area contributed by atoms with Gasteiger partial charge >= 0.3 is 0 Å². The molecule has 0 fully saturated rings. The van der Waals surface area contributed by atoms with E-state index in [9.17, 15) is 4.79 Å². The van der Waals surface area contributed by atoms with Crippen LogP contribution in [-0.2, 0) is 0 Å². The van der Waals surface area contributed by atoms with E-state index in [1.807, 2.05) is 72.8 Å². The summed E-state index contributed by atoms with van der Waals surface area (Å²) >= 11 is 0. The molecule has 0 aliphatic carbocycles. The highest BCUT2D eigenvalue weighted by Crippen LogP contribution is 2.27. The number of para-hydroxylation sites is 1. The van der Waals surface area contributed by atoms with E-state index in [0.717, 1.165) is 27.6 Å². The zero-order valence-corrected chi connectivity index (χ0v) is 16.4. The number of carbonyl (C=O) groups is 1. The maximum absolute atomic E-state index is 12.3. The van der Waals surface area contributed by atoms with Crippen molar-refractivity contribution in [1.82, 2.24) is 15.6 Å². The van der Waals surface area contributed by atoms with Crippen LogP contribution in [-0.4, -0.2) is 29.4 Å². The van der Waals surface area contributed by atoms with E-state index >= 15 is 0 Å². The molecule has 4 rings (SSSR count). The summed E-state index contributed by atoms with van der Waals surface area (Å²) < 4.78 is 5.29. The predicted molar refractivity (Wildman–Crippen MR) is 120 cm³/mol. The van der Waals surface area contributed by atoms with Crippen LogP contribution in [0.25, 0.3) is 28.1 Å². The monoisotopic (exact) mass is 396 g/mol. The van der Waals surface area contributed by atoms with Crippen LogP contribution in [0.1, 0.15) is 16.1 Å². The molecular formula is C24H20N4O2. The van der Waals surface area contributed by atoms with Crippen molar-refractivity contribution in [2.45, 2.75) is 0 Å². The summed E-state index contributed by atoms with van der Waals surface area (Å²) in [6.07, 6.45) is 5.09. The minimum absolute atomic E-state index is 0.337. The average molecular weight is 396 g/mol. The fourth-order valence-electron chi connectivity index (χ4n) is 3.17. The number of methoxy groups -OCH3 is 1. The summed E-state index contributed by atoms with van der Waals surface area (Å²) in [7, 11) is 1.62. The predicted octanol–water partition coefficient (Wildman–Crippen LogP) is 4.67. The van der Waals surface area contributed by atoms with Crippen LogP contribution in [0.3, 0.4) is 0 Å². The molecule has 0 atom stereocenters. The number of allylic oxidation sites excluding steroid dienone is 1. The van der Waals surface area contributed by atoms with Gasteiger partial charge in [0.15, 0.2) is 0 Å². The molecule has 0 radical (unpaired) electrons. The van der Waals surface area contributed by atoms with Crippen molar-refractivity contribution in [3.63, 3.8) is 0 Å². The second-order valence-electron chi connectivity index (χ2n) is 6.51. The maximum atomic E-state index is 12.3. The Balaban J connectivity index is 1.43. The number of rotatable bonds is 6. The van der Waals surface area contributed by atoms with E-state index < -0.39 is 0 Å². The number of carbonyl (C=O) groups excluding carboxylic acids is 1. The zero-order valence-electron chi connectivity index (χ0n) is 16.4. The van der Waals surface area contributed by atoms with E-state index in [2.05, 4.69) is 20.7 Å². The Labute approximate surface area is 173 Å². The smallest absolute Gasteiger partial charge is 0.289 e. The fraction of sp³-hybridized carbons (Fsp3) is 0.0417. The van der Waals surface area contributed by atoms with Crippen molar-refractivity contribution in [3.05, 3.63) is 90.1 Å². The van der Waals surface area contributed by atoms with E-state index in [4.69, 9.17) is 4.74 Å². The molecule has 6 heteroatoms. The van der Waals surface area contributed by atoms with E-state index in [-0.39, 0.29) is 5.91 Å². The third-order valence-electron chi connectivity index (χ3n) is 4.63. The molecule has 0 saturated heterocycles. The van der Waals surface area contributed by atoms with Crippen molar-refractivity contribution in [2.75, 3.05) is 7.11 Å². The van der Waals surface area contributed by atoms with Crippen LogP contribution in [0.5, 0.6) is 5.75 Å². The van der Waals surface area contributed by atoms with Gasteiger partial charge in [-0.25, -0.2) is 5.43 Å². The van der Waals surface area contributed by atoms with Gasteiger partial charge in [-0.15, -0.1) is 0 Å². The molecule has 1 aromatic heterocycles. The summed E-state index contributed by atoms with van der Waals surface area (Å²) in [6.45, 7) is 0. The molecule has 3 aromatic carbocycles. The molecule has 0 unspecified atom stereocenters. The average Bonchev–Trinajstić information content (AvgIpc) is 3.29. The summed E-state index contributed by atoms with van der Waals surface area (Å²) in [5, 5.41) is 13.2. The van der Waals surface area contributed by atoms with Gasteiger partial charge in [0, 0.05) is 17.3 Å². The van der Waals surface area contributed by atoms with Gasteiger partial charge in [0.25, 0.3) is 5.91 Å². The van der Waals surface area contributed by atoms with Crippen LogP contribution >= 0.6 is 0 Å². The number of amides is 1. The first-order valence-electron chi connectivity index (χ1n) is 9.43. The summed E-state index contributed by atoms with van der Waals surface area (Å²) in [4.78, 5) is 12.3. The van der Waals surface area contributed by atoms with Crippen LogP contribution in [0, 0.1) is 0 Å². The van der Waals surface area contributed by atoms with Crippen LogP contribution in [0.4, 0.5) is 0 Å². The number of hydrogen-bond acceptors (Lipinski definition) is 4. The van der Waals surface area contributed by atoms with Gasteiger partial charge in [-0.05, 0) is 35.1 Å². The SMILES string of the molecule is COc1ccccc1/C=C/C=N/NC(=O)c1cc(-c2cccc3ccccc23)n[nH]1. The number of nitrogens with one attached hydrogen (secondary N) is 2. The van der Waals surface area contributed by atoms with E-state index in [1.54, 1.807) is 19.3 Å². The highest BCUT2D eigenvalue weighted by Gasteiger charge is 2.12. The van der Waals surface area contributed by atoms with Crippen molar-refractivity contribution in [3.8, 4) is 17.0 Å². The molecule has 4 aromatic rings. The van der Waals surface area contributed by atoms with Gasteiger partial charge in [0.05, 0.1) is 12.8 Å². The second-order valence-corrected chi connectivity index (χ2v) is 6.51. The standard InChI is InChI=1S/C24H20N4O2/c1-30-23-14-5-3-9-18(23)11-7-15-25-28-24(29)22-16-21(26-27-22)20-13-6-10-17-8-2-4-12-19(17)20/h2-16H,1H3,(H,26,27)(H,28,29)/b11-7+,25-15+. The summed E-state index contributed by atoms with van der Waals surface area (Å²) in [5.41, 5.74) is 5.42. The zero-order chi connectivity index (χ0) is 20.8. The normalized spacial score (nSPS) is 11.4. The molecule has 0 saturated carbocycles. The van der Waals surface area contributed by atoms with E-state index in [0.29, 0.717) is 11.4 Å². The van der Waals surface area contributed by atoms with Crippen LogP contribution < -0.4 is 10.2 Å². The Bertz CT molecular complexity index is 1240. The highest BCUT2D eigenvalue weighted by atomic mass is 16.5. The number of ether oxygens (including phenoxy) is 1. The molecular weight excluding hydrogens is 376 g/mol. The number of nitrogens with zero attached hydrogens (tertiary/aromatic N) is 2. The van der Waals surface area contributed by atoms with Gasteiger partial charge < -0.3 is 4.74 Å².